The van der Waals surface area contributed by atoms with E-state index in [0.717, 1.165) is 12.2 Å². The standard InChI is InChI=1S/C11H9F3O/c12-11(13,14)8-4-7-10(15)9-5-2-1-3-6-9/h1-7H,8H2/b7-4+. The van der Waals surface area contributed by atoms with Gasteiger partial charge in [0.25, 0.3) is 0 Å². The molecule has 0 N–H and O–H groups in total. The molecule has 0 bridgehead atoms. The number of rotatable bonds is 3. The third-order valence-corrected chi connectivity index (χ3v) is 1.68. The molecule has 0 unspecified atom stereocenters. The Morgan fingerprint density at radius 3 is 2.33 bits per heavy atom. The van der Waals surface area contributed by atoms with Crippen molar-refractivity contribution < 1.29 is 18.0 Å². The van der Waals surface area contributed by atoms with Gasteiger partial charge in [-0.25, -0.2) is 0 Å². The zero-order valence-corrected chi connectivity index (χ0v) is 7.79. The van der Waals surface area contributed by atoms with Gasteiger partial charge in [0.05, 0.1) is 6.42 Å². The van der Waals surface area contributed by atoms with Crippen molar-refractivity contribution in [3.05, 3.63) is 48.0 Å². The van der Waals surface area contributed by atoms with Crippen LogP contribution in [0.5, 0.6) is 0 Å². The Morgan fingerprint density at radius 2 is 1.80 bits per heavy atom. The van der Waals surface area contributed by atoms with E-state index >= 15 is 0 Å². The van der Waals surface area contributed by atoms with Crippen molar-refractivity contribution in [3.8, 4) is 0 Å². The summed E-state index contributed by atoms with van der Waals surface area (Å²) < 4.78 is 35.2. The predicted molar refractivity (Wildman–Crippen MR) is 50.6 cm³/mol. The average molecular weight is 214 g/mol. The highest BCUT2D eigenvalue weighted by Crippen LogP contribution is 2.19. The van der Waals surface area contributed by atoms with Crippen molar-refractivity contribution in [1.82, 2.24) is 0 Å². The Labute approximate surface area is 85.2 Å². The summed E-state index contributed by atoms with van der Waals surface area (Å²) in [5, 5.41) is 0. The molecule has 4 heteroatoms. The number of hydrogen-bond acceptors (Lipinski definition) is 1. The first-order valence-corrected chi connectivity index (χ1v) is 4.32. The zero-order valence-electron chi connectivity index (χ0n) is 7.79. The summed E-state index contributed by atoms with van der Waals surface area (Å²) in [5.74, 6) is -0.417. The second kappa shape index (κ2) is 4.77. The van der Waals surface area contributed by atoms with E-state index in [2.05, 4.69) is 0 Å². The summed E-state index contributed by atoms with van der Waals surface area (Å²) in [7, 11) is 0. The van der Waals surface area contributed by atoms with Gasteiger partial charge < -0.3 is 0 Å². The number of alkyl halides is 3. The van der Waals surface area contributed by atoms with Gasteiger partial charge in [0.15, 0.2) is 5.78 Å². The highest BCUT2D eigenvalue weighted by molar-refractivity contribution is 6.04. The van der Waals surface area contributed by atoms with Gasteiger partial charge in [-0.1, -0.05) is 36.4 Å². The van der Waals surface area contributed by atoms with Crippen LogP contribution in [-0.2, 0) is 0 Å². The van der Waals surface area contributed by atoms with Crippen molar-refractivity contribution in [2.45, 2.75) is 12.6 Å². The van der Waals surface area contributed by atoms with E-state index in [1.54, 1.807) is 30.3 Å². The fraction of sp³-hybridized carbons (Fsp3) is 0.182. The Kier molecular flexibility index (Phi) is 3.66. The van der Waals surface area contributed by atoms with Crippen molar-refractivity contribution in [1.29, 1.82) is 0 Å². The molecule has 1 aromatic carbocycles. The lowest BCUT2D eigenvalue weighted by Crippen LogP contribution is -2.04. The molecule has 0 heterocycles. The second-order valence-electron chi connectivity index (χ2n) is 2.95. The van der Waals surface area contributed by atoms with Crippen LogP contribution in [0.4, 0.5) is 13.2 Å². The number of benzene rings is 1. The smallest absolute Gasteiger partial charge is 0.289 e. The second-order valence-corrected chi connectivity index (χ2v) is 2.95. The lowest BCUT2D eigenvalue weighted by atomic mass is 10.1. The van der Waals surface area contributed by atoms with Gasteiger partial charge in [-0.15, -0.1) is 0 Å². The zero-order chi connectivity index (χ0) is 11.3. The van der Waals surface area contributed by atoms with Gasteiger partial charge in [0.2, 0.25) is 0 Å². The molecule has 1 rings (SSSR count). The molecule has 80 valence electrons. The van der Waals surface area contributed by atoms with E-state index in [9.17, 15) is 18.0 Å². The molecule has 1 nitrogen and oxygen atoms in total. The SMILES string of the molecule is O=C(/C=C/CC(F)(F)F)c1ccccc1. The van der Waals surface area contributed by atoms with Crippen LogP contribution in [0.2, 0.25) is 0 Å². The van der Waals surface area contributed by atoms with Gasteiger partial charge in [0.1, 0.15) is 0 Å². The minimum Gasteiger partial charge on any atom is -0.289 e. The van der Waals surface area contributed by atoms with Gasteiger partial charge in [0, 0.05) is 5.56 Å². The monoisotopic (exact) mass is 214 g/mol. The summed E-state index contributed by atoms with van der Waals surface area (Å²) in [6.07, 6.45) is -3.56. The van der Waals surface area contributed by atoms with E-state index in [0.29, 0.717) is 5.56 Å². The normalized spacial score (nSPS) is 11.9. The van der Waals surface area contributed by atoms with Gasteiger partial charge in [-0.3, -0.25) is 4.79 Å². The van der Waals surface area contributed by atoms with Crippen molar-refractivity contribution in [3.63, 3.8) is 0 Å². The first kappa shape index (κ1) is 11.5. The molecule has 0 aromatic heterocycles. The molecule has 1 aromatic rings. The highest BCUT2D eigenvalue weighted by atomic mass is 19.4. The van der Waals surface area contributed by atoms with E-state index in [-0.39, 0.29) is 0 Å². The predicted octanol–water partition coefficient (Wildman–Crippen LogP) is 3.38. The largest absolute Gasteiger partial charge is 0.392 e. The molecule has 0 aliphatic heterocycles. The molecule has 0 radical (unpaired) electrons. The number of allylic oxidation sites excluding steroid dienone is 2. The van der Waals surface area contributed by atoms with Crippen molar-refractivity contribution in [2.75, 3.05) is 0 Å². The van der Waals surface area contributed by atoms with Gasteiger partial charge in [-0.2, -0.15) is 13.2 Å². The molecule has 0 saturated carbocycles. The Hall–Kier alpha value is -1.58. The summed E-state index contributed by atoms with van der Waals surface area (Å²) in [6, 6.07) is 8.16. The molecular formula is C11H9F3O. The van der Waals surface area contributed by atoms with Crippen LogP contribution in [0.1, 0.15) is 16.8 Å². The lowest BCUT2D eigenvalue weighted by Gasteiger charge is -2.00. The van der Waals surface area contributed by atoms with Crippen LogP contribution in [0.15, 0.2) is 42.5 Å². The maximum Gasteiger partial charge on any atom is 0.392 e. The number of carbonyl (C=O) groups is 1. The minimum atomic E-state index is -4.26. The Morgan fingerprint density at radius 1 is 1.20 bits per heavy atom. The molecule has 0 aliphatic rings. The fourth-order valence-electron chi connectivity index (χ4n) is 0.998. The van der Waals surface area contributed by atoms with Crippen LogP contribution in [0.3, 0.4) is 0 Å². The van der Waals surface area contributed by atoms with Crippen molar-refractivity contribution in [2.24, 2.45) is 0 Å². The number of ketones is 1. The van der Waals surface area contributed by atoms with E-state index < -0.39 is 18.4 Å². The number of hydrogen-bond donors (Lipinski definition) is 0. The highest BCUT2D eigenvalue weighted by Gasteiger charge is 2.24. The van der Waals surface area contributed by atoms with Crippen molar-refractivity contribution >= 4 is 5.78 Å². The summed E-state index contributed by atoms with van der Waals surface area (Å²) in [6.45, 7) is 0. The molecule has 0 fully saturated rings. The minimum absolute atomic E-state index is 0.385. The van der Waals surface area contributed by atoms with Crippen LogP contribution in [0, 0.1) is 0 Å². The van der Waals surface area contributed by atoms with Crippen LogP contribution < -0.4 is 0 Å². The topological polar surface area (TPSA) is 17.1 Å². The van der Waals surface area contributed by atoms with Crippen LogP contribution in [-0.4, -0.2) is 12.0 Å². The van der Waals surface area contributed by atoms with Gasteiger partial charge >= 0.3 is 6.18 Å². The third kappa shape index (κ3) is 4.44. The first-order valence-electron chi connectivity index (χ1n) is 4.32. The molecule has 0 atom stereocenters. The first-order chi connectivity index (χ1) is 6.99. The van der Waals surface area contributed by atoms with E-state index in [4.69, 9.17) is 0 Å². The third-order valence-electron chi connectivity index (χ3n) is 1.68. The van der Waals surface area contributed by atoms with E-state index in [1.165, 1.54) is 0 Å². The van der Waals surface area contributed by atoms with E-state index in [1.807, 2.05) is 0 Å². The van der Waals surface area contributed by atoms with Crippen LogP contribution in [0.25, 0.3) is 0 Å². The molecular weight excluding hydrogens is 205 g/mol. The molecule has 0 saturated heterocycles. The maximum atomic E-state index is 11.7. The number of carbonyl (C=O) groups excluding carboxylic acids is 1. The molecule has 0 amide bonds. The summed E-state index contributed by atoms with van der Waals surface area (Å²) >= 11 is 0. The average Bonchev–Trinajstić information content (AvgIpc) is 2.17. The molecule has 0 spiro atoms. The Bertz CT molecular complexity index is 352. The van der Waals surface area contributed by atoms with Crippen LogP contribution >= 0.6 is 0 Å². The maximum absolute atomic E-state index is 11.7. The van der Waals surface area contributed by atoms with Gasteiger partial charge in [-0.05, 0) is 6.08 Å². The Balaban J connectivity index is 2.57. The lowest BCUT2D eigenvalue weighted by molar-refractivity contribution is -0.125. The number of halogens is 3. The fourth-order valence-corrected chi connectivity index (χ4v) is 0.998. The molecule has 0 aliphatic carbocycles. The molecule has 15 heavy (non-hydrogen) atoms. The summed E-state index contributed by atoms with van der Waals surface area (Å²) in [5.41, 5.74) is 0.385. The quantitative estimate of drug-likeness (QED) is 0.556. The summed E-state index contributed by atoms with van der Waals surface area (Å²) in [4.78, 5) is 11.3.